The standard InChI is InChI=1S/C20H18FN3O3/c1-26-13-19-22-11-10-18(23-19)24-20(25)12-14-2-6-16(7-3-14)27-17-8-4-15(21)5-9-17/h2-11H,12-13H2,1H3,(H,22,23,24,25). The number of hydrogen-bond donors (Lipinski definition) is 1. The number of carbonyl (C=O) groups excluding carboxylic acids is 1. The maximum Gasteiger partial charge on any atom is 0.229 e. The summed E-state index contributed by atoms with van der Waals surface area (Å²) >= 11 is 0. The lowest BCUT2D eigenvalue weighted by molar-refractivity contribution is -0.115. The molecule has 7 heteroatoms. The minimum Gasteiger partial charge on any atom is -0.457 e. The van der Waals surface area contributed by atoms with Gasteiger partial charge in [-0.05, 0) is 48.0 Å². The number of benzene rings is 2. The lowest BCUT2D eigenvalue weighted by Gasteiger charge is -2.08. The fourth-order valence-corrected chi connectivity index (χ4v) is 2.35. The number of nitrogens with one attached hydrogen (secondary N) is 1. The zero-order chi connectivity index (χ0) is 19.1. The first-order valence-electron chi connectivity index (χ1n) is 8.25. The van der Waals surface area contributed by atoms with Gasteiger partial charge < -0.3 is 14.8 Å². The molecule has 1 amide bonds. The minimum atomic E-state index is -0.318. The van der Waals surface area contributed by atoms with Crippen LogP contribution in [0.15, 0.2) is 60.8 Å². The van der Waals surface area contributed by atoms with Crippen molar-refractivity contribution in [1.82, 2.24) is 9.97 Å². The van der Waals surface area contributed by atoms with Gasteiger partial charge in [-0.1, -0.05) is 12.1 Å². The Kier molecular flexibility index (Phi) is 6.06. The van der Waals surface area contributed by atoms with Crippen LogP contribution in [0.25, 0.3) is 0 Å². The Balaban J connectivity index is 1.56. The van der Waals surface area contributed by atoms with Crippen LogP contribution in [-0.2, 0) is 22.6 Å². The van der Waals surface area contributed by atoms with Gasteiger partial charge in [0.1, 0.15) is 29.7 Å². The molecule has 3 rings (SSSR count). The van der Waals surface area contributed by atoms with Crippen molar-refractivity contribution in [3.63, 3.8) is 0 Å². The second-order valence-corrected chi connectivity index (χ2v) is 5.72. The maximum atomic E-state index is 12.9. The van der Waals surface area contributed by atoms with E-state index in [2.05, 4.69) is 15.3 Å². The van der Waals surface area contributed by atoms with Crippen LogP contribution in [0.1, 0.15) is 11.4 Å². The molecule has 1 heterocycles. The highest BCUT2D eigenvalue weighted by molar-refractivity contribution is 5.91. The van der Waals surface area contributed by atoms with Crippen molar-refractivity contribution in [3.8, 4) is 11.5 Å². The molecular formula is C20H18FN3O3. The molecule has 0 radical (unpaired) electrons. The first-order valence-corrected chi connectivity index (χ1v) is 8.25. The van der Waals surface area contributed by atoms with Gasteiger partial charge in [0.15, 0.2) is 5.82 Å². The number of amides is 1. The summed E-state index contributed by atoms with van der Waals surface area (Å²) in [6, 6.07) is 14.5. The molecule has 1 aromatic heterocycles. The number of aromatic nitrogens is 2. The van der Waals surface area contributed by atoms with Gasteiger partial charge in [0, 0.05) is 13.3 Å². The molecule has 0 fully saturated rings. The number of carbonyl (C=O) groups is 1. The summed E-state index contributed by atoms with van der Waals surface area (Å²) in [5, 5.41) is 2.74. The molecular weight excluding hydrogens is 349 g/mol. The molecule has 0 saturated carbocycles. The van der Waals surface area contributed by atoms with Gasteiger partial charge in [-0.25, -0.2) is 14.4 Å². The van der Waals surface area contributed by atoms with E-state index in [1.807, 2.05) is 0 Å². The molecule has 0 unspecified atom stereocenters. The number of hydrogen-bond acceptors (Lipinski definition) is 5. The van der Waals surface area contributed by atoms with Crippen LogP contribution in [0.4, 0.5) is 10.2 Å². The minimum absolute atomic E-state index is 0.190. The van der Waals surface area contributed by atoms with E-state index in [9.17, 15) is 9.18 Å². The van der Waals surface area contributed by atoms with Gasteiger partial charge in [0.05, 0.1) is 6.42 Å². The molecule has 138 valence electrons. The third-order valence-electron chi connectivity index (χ3n) is 3.58. The Labute approximate surface area is 156 Å². The average molecular weight is 367 g/mol. The van der Waals surface area contributed by atoms with E-state index in [4.69, 9.17) is 9.47 Å². The van der Waals surface area contributed by atoms with Crippen LogP contribution in [0.2, 0.25) is 0 Å². The van der Waals surface area contributed by atoms with Gasteiger partial charge in [0.25, 0.3) is 0 Å². The summed E-state index contributed by atoms with van der Waals surface area (Å²) < 4.78 is 23.5. The lowest BCUT2D eigenvalue weighted by atomic mass is 10.1. The average Bonchev–Trinajstić information content (AvgIpc) is 2.66. The van der Waals surface area contributed by atoms with Crippen LogP contribution in [0, 0.1) is 5.82 Å². The van der Waals surface area contributed by atoms with E-state index in [1.54, 1.807) is 55.8 Å². The largest absolute Gasteiger partial charge is 0.457 e. The highest BCUT2D eigenvalue weighted by Gasteiger charge is 2.07. The highest BCUT2D eigenvalue weighted by atomic mass is 19.1. The molecule has 0 bridgehead atoms. The third kappa shape index (κ3) is 5.58. The molecule has 3 aromatic rings. The maximum absolute atomic E-state index is 12.9. The molecule has 0 aliphatic rings. The van der Waals surface area contributed by atoms with Crippen LogP contribution in [0.5, 0.6) is 11.5 Å². The Morgan fingerprint density at radius 2 is 1.70 bits per heavy atom. The quantitative estimate of drug-likeness (QED) is 0.689. The van der Waals surface area contributed by atoms with Crippen LogP contribution < -0.4 is 10.1 Å². The summed E-state index contributed by atoms with van der Waals surface area (Å²) in [6.45, 7) is 0.277. The number of rotatable bonds is 7. The van der Waals surface area contributed by atoms with Crippen molar-refractivity contribution >= 4 is 11.7 Å². The fourth-order valence-electron chi connectivity index (χ4n) is 2.35. The number of ether oxygens (including phenoxy) is 2. The van der Waals surface area contributed by atoms with Crippen molar-refractivity contribution in [2.24, 2.45) is 0 Å². The topological polar surface area (TPSA) is 73.3 Å². The van der Waals surface area contributed by atoms with E-state index in [-0.39, 0.29) is 24.8 Å². The number of halogens is 1. The molecule has 0 aliphatic carbocycles. The van der Waals surface area contributed by atoms with E-state index in [0.29, 0.717) is 23.1 Å². The van der Waals surface area contributed by atoms with Crippen LogP contribution in [-0.4, -0.2) is 23.0 Å². The number of methoxy groups -OCH3 is 1. The van der Waals surface area contributed by atoms with E-state index < -0.39 is 0 Å². The summed E-state index contributed by atoms with van der Waals surface area (Å²) in [5.41, 5.74) is 0.824. The Bertz CT molecular complexity index is 899. The van der Waals surface area contributed by atoms with Crippen molar-refractivity contribution in [2.45, 2.75) is 13.0 Å². The van der Waals surface area contributed by atoms with Gasteiger partial charge >= 0.3 is 0 Å². The normalized spacial score (nSPS) is 10.4. The summed E-state index contributed by atoms with van der Waals surface area (Å²) in [4.78, 5) is 20.4. The molecule has 2 aromatic carbocycles. The van der Waals surface area contributed by atoms with E-state index in [0.717, 1.165) is 5.56 Å². The molecule has 6 nitrogen and oxygen atoms in total. The predicted octanol–water partition coefficient (Wildman–Crippen LogP) is 3.74. The van der Waals surface area contributed by atoms with Crippen molar-refractivity contribution in [2.75, 3.05) is 12.4 Å². The Morgan fingerprint density at radius 1 is 1.04 bits per heavy atom. The summed E-state index contributed by atoms with van der Waals surface area (Å²) in [6.07, 6.45) is 1.76. The summed E-state index contributed by atoms with van der Waals surface area (Å²) in [7, 11) is 1.55. The molecule has 0 saturated heterocycles. The summed E-state index contributed by atoms with van der Waals surface area (Å²) in [5.74, 6) is 1.56. The lowest BCUT2D eigenvalue weighted by Crippen LogP contribution is -2.16. The predicted molar refractivity (Wildman–Crippen MR) is 98.0 cm³/mol. The molecule has 0 aliphatic heterocycles. The van der Waals surface area contributed by atoms with Gasteiger partial charge in [-0.15, -0.1) is 0 Å². The Morgan fingerprint density at radius 3 is 2.37 bits per heavy atom. The van der Waals surface area contributed by atoms with Gasteiger partial charge in [-0.3, -0.25) is 4.79 Å². The SMILES string of the molecule is COCc1nccc(NC(=O)Cc2ccc(Oc3ccc(F)cc3)cc2)n1. The van der Waals surface area contributed by atoms with E-state index >= 15 is 0 Å². The van der Waals surface area contributed by atoms with Crippen LogP contribution >= 0.6 is 0 Å². The molecule has 27 heavy (non-hydrogen) atoms. The van der Waals surface area contributed by atoms with Crippen molar-refractivity contribution in [1.29, 1.82) is 0 Å². The first-order chi connectivity index (χ1) is 13.1. The third-order valence-corrected chi connectivity index (χ3v) is 3.58. The monoisotopic (exact) mass is 367 g/mol. The van der Waals surface area contributed by atoms with Gasteiger partial charge in [-0.2, -0.15) is 0 Å². The van der Waals surface area contributed by atoms with E-state index in [1.165, 1.54) is 12.1 Å². The molecule has 1 N–H and O–H groups in total. The van der Waals surface area contributed by atoms with Gasteiger partial charge in [0.2, 0.25) is 5.91 Å². The second kappa shape index (κ2) is 8.86. The first kappa shape index (κ1) is 18.5. The van der Waals surface area contributed by atoms with Crippen LogP contribution in [0.3, 0.4) is 0 Å². The number of anilines is 1. The Hall–Kier alpha value is -3.32. The van der Waals surface area contributed by atoms with Crippen molar-refractivity contribution in [3.05, 3.63) is 78.0 Å². The molecule has 0 spiro atoms. The zero-order valence-electron chi connectivity index (χ0n) is 14.7. The fraction of sp³-hybridized carbons (Fsp3) is 0.150. The molecule has 0 atom stereocenters. The second-order valence-electron chi connectivity index (χ2n) is 5.72. The number of nitrogens with zero attached hydrogens (tertiary/aromatic N) is 2. The highest BCUT2D eigenvalue weighted by Crippen LogP contribution is 2.22. The zero-order valence-corrected chi connectivity index (χ0v) is 14.7. The smallest absolute Gasteiger partial charge is 0.229 e. The van der Waals surface area contributed by atoms with Crippen molar-refractivity contribution < 1.29 is 18.7 Å².